The zero-order chi connectivity index (χ0) is 13.3. The quantitative estimate of drug-likeness (QED) is 0.829. The van der Waals surface area contributed by atoms with Crippen LogP contribution in [0.2, 0.25) is 0 Å². The van der Waals surface area contributed by atoms with Crippen molar-refractivity contribution < 1.29 is 8.42 Å². The molecule has 0 unspecified atom stereocenters. The highest BCUT2D eigenvalue weighted by Gasteiger charge is 2.29. The summed E-state index contributed by atoms with van der Waals surface area (Å²) in [6.45, 7) is 2.61. The van der Waals surface area contributed by atoms with Gasteiger partial charge in [0.2, 0.25) is 10.0 Å². The van der Waals surface area contributed by atoms with Crippen LogP contribution >= 0.6 is 0 Å². The number of nitrogens with two attached hydrogens (primary N) is 1. The first kappa shape index (κ1) is 13.4. The molecule has 0 bridgehead atoms. The van der Waals surface area contributed by atoms with Gasteiger partial charge in [0.15, 0.2) is 0 Å². The van der Waals surface area contributed by atoms with Crippen molar-refractivity contribution in [3.63, 3.8) is 0 Å². The number of hydrogen-bond acceptors (Lipinski definition) is 3. The van der Waals surface area contributed by atoms with Crippen LogP contribution in [-0.4, -0.2) is 26.3 Å². The van der Waals surface area contributed by atoms with Crippen LogP contribution in [0.3, 0.4) is 0 Å². The molecule has 0 atom stereocenters. The molecule has 2 N–H and O–H groups in total. The number of rotatable bonds is 5. The Kier molecular flexibility index (Phi) is 3.64. The Morgan fingerprint density at radius 1 is 1.39 bits per heavy atom. The minimum Gasteiger partial charge on any atom is -0.398 e. The van der Waals surface area contributed by atoms with Crippen molar-refractivity contribution in [3.8, 4) is 0 Å². The zero-order valence-electron chi connectivity index (χ0n) is 10.9. The van der Waals surface area contributed by atoms with E-state index in [2.05, 4.69) is 0 Å². The van der Waals surface area contributed by atoms with Gasteiger partial charge in [-0.05, 0) is 42.9 Å². The summed E-state index contributed by atoms with van der Waals surface area (Å²) in [4.78, 5) is 0.292. The summed E-state index contributed by atoms with van der Waals surface area (Å²) in [5.41, 5.74) is 7.40. The highest BCUT2D eigenvalue weighted by molar-refractivity contribution is 7.89. The van der Waals surface area contributed by atoms with Gasteiger partial charge in [-0.15, -0.1) is 0 Å². The Balaban J connectivity index is 2.25. The summed E-state index contributed by atoms with van der Waals surface area (Å²) in [5, 5.41) is 0. The van der Waals surface area contributed by atoms with Crippen molar-refractivity contribution in [2.24, 2.45) is 5.92 Å². The summed E-state index contributed by atoms with van der Waals surface area (Å²) in [5.74, 6) is 0.539. The van der Waals surface area contributed by atoms with Crippen molar-refractivity contribution in [1.29, 1.82) is 0 Å². The molecule has 1 fully saturated rings. The average molecular weight is 268 g/mol. The summed E-state index contributed by atoms with van der Waals surface area (Å²) in [7, 11) is -1.75. The Morgan fingerprint density at radius 2 is 2.06 bits per heavy atom. The minimum absolute atomic E-state index is 0.292. The van der Waals surface area contributed by atoms with Gasteiger partial charge >= 0.3 is 0 Å². The zero-order valence-corrected chi connectivity index (χ0v) is 11.7. The molecule has 0 radical (unpaired) electrons. The smallest absolute Gasteiger partial charge is 0.242 e. The van der Waals surface area contributed by atoms with Crippen molar-refractivity contribution in [2.45, 2.75) is 31.1 Å². The maximum atomic E-state index is 12.3. The second-order valence-corrected chi connectivity index (χ2v) is 6.99. The molecule has 0 spiro atoms. The largest absolute Gasteiger partial charge is 0.398 e. The van der Waals surface area contributed by atoms with Gasteiger partial charge in [0.05, 0.1) is 4.90 Å². The number of aryl methyl sites for hydroxylation is 1. The summed E-state index contributed by atoms with van der Waals surface area (Å²) >= 11 is 0. The monoisotopic (exact) mass is 268 g/mol. The lowest BCUT2D eigenvalue weighted by Gasteiger charge is -2.17. The summed E-state index contributed by atoms with van der Waals surface area (Å²) < 4.78 is 26.1. The molecule has 0 heterocycles. The van der Waals surface area contributed by atoms with E-state index < -0.39 is 10.0 Å². The van der Waals surface area contributed by atoms with E-state index in [-0.39, 0.29) is 0 Å². The maximum Gasteiger partial charge on any atom is 0.242 e. The third kappa shape index (κ3) is 2.67. The lowest BCUT2D eigenvalue weighted by molar-refractivity contribution is 0.453. The van der Waals surface area contributed by atoms with Crippen LogP contribution in [0.1, 0.15) is 25.3 Å². The Bertz CT molecular complexity index is 536. The van der Waals surface area contributed by atoms with E-state index >= 15 is 0 Å². The van der Waals surface area contributed by atoms with Crippen LogP contribution in [0.5, 0.6) is 0 Å². The van der Waals surface area contributed by atoms with Gasteiger partial charge in [0.25, 0.3) is 0 Å². The molecule has 1 aromatic carbocycles. The lowest BCUT2D eigenvalue weighted by Crippen LogP contribution is -2.29. The van der Waals surface area contributed by atoms with Gasteiger partial charge in [-0.25, -0.2) is 12.7 Å². The van der Waals surface area contributed by atoms with Crippen LogP contribution in [0.4, 0.5) is 5.69 Å². The highest BCUT2D eigenvalue weighted by atomic mass is 32.2. The minimum atomic E-state index is -3.39. The number of nitrogens with zero attached hydrogens (tertiary/aromatic N) is 1. The second kappa shape index (κ2) is 4.90. The molecule has 1 aliphatic rings. The molecule has 0 amide bonds. The highest BCUT2D eigenvalue weighted by Crippen LogP contribution is 2.31. The van der Waals surface area contributed by atoms with E-state index in [4.69, 9.17) is 5.73 Å². The van der Waals surface area contributed by atoms with Crippen LogP contribution in [0.25, 0.3) is 0 Å². The lowest BCUT2D eigenvalue weighted by atomic mass is 10.1. The molecule has 1 aliphatic carbocycles. The summed E-state index contributed by atoms with van der Waals surface area (Å²) in [6, 6.07) is 5.01. The molecule has 2 rings (SSSR count). The maximum absolute atomic E-state index is 12.3. The van der Waals surface area contributed by atoms with E-state index in [0.29, 0.717) is 23.0 Å². The Morgan fingerprint density at radius 3 is 2.56 bits per heavy atom. The second-order valence-electron chi connectivity index (χ2n) is 4.94. The van der Waals surface area contributed by atoms with Crippen LogP contribution in [0, 0.1) is 5.92 Å². The van der Waals surface area contributed by atoms with Gasteiger partial charge in [-0.2, -0.15) is 0 Å². The van der Waals surface area contributed by atoms with Gasteiger partial charge in [0, 0.05) is 19.3 Å². The third-order valence-corrected chi connectivity index (χ3v) is 5.24. The first-order valence-corrected chi connectivity index (χ1v) is 7.74. The SMILES string of the molecule is CCc1ccc(S(=O)(=O)N(C)CC2CC2)cc1N. The molecule has 5 heteroatoms. The van der Waals surface area contributed by atoms with Crippen molar-refractivity contribution in [3.05, 3.63) is 23.8 Å². The number of sulfonamides is 1. The van der Waals surface area contributed by atoms with Crippen LogP contribution in [-0.2, 0) is 16.4 Å². The van der Waals surface area contributed by atoms with E-state index in [9.17, 15) is 8.42 Å². The number of hydrogen-bond donors (Lipinski definition) is 1. The van der Waals surface area contributed by atoms with E-state index in [1.807, 2.05) is 6.92 Å². The van der Waals surface area contributed by atoms with Crippen molar-refractivity contribution >= 4 is 15.7 Å². The van der Waals surface area contributed by atoms with Crippen molar-refractivity contribution in [2.75, 3.05) is 19.3 Å². The van der Waals surface area contributed by atoms with Crippen LogP contribution in [0.15, 0.2) is 23.1 Å². The first-order valence-electron chi connectivity index (χ1n) is 6.30. The summed E-state index contributed by atoms with van der Waals surface area (Å²) in [6.07, 6.45) is 3.08. The predicted octanol–water partition coefficient (Wildman–Crippen LogP) is 1.86. The molecule has 0 aromatic heterocycles. The van der Waals surface area contributed by atoms with E-state index in [1.165, 1.54) is 4.31 Å². The topological polar surface area (TPSA) is 63.4 Å². The molecule has 4 nitrogen and oxygen atoms in total. The molecule has 0 aliphatic heterocycles. The van der Waals surface area contributed by atoms with Gasteiger partial charge < -0.3 is 5.73 Å². The molecular weight excluding hydrogens is 248 g/mol. The fraction of sp³-hybridized carbons (Fsp3) is 0.538. The molecule has 100 valence electrons. The molecule has 1 saturated carbocycles. The fourth-order valence-corrected chi connectivity index (χ4v) is 3.28. The Labute approximate surface area is 109 Å². The van der Waals surface area contributed by atoms with Gasteiger partial charge in [-0.1, -0.05) is 13.0 Å². The standard InChI is InChI=1S/C13H20N2O2S/c1-3-11-6-7-12(8-13(11)14)18(16,17)15(2)9-10-4-5-10/h6-8,10H,3-5,9,14H2,1-2H3. The normalized spacial score (nSPS) is 16.2. The number of anilines is 1. The average Bonchev–Trinajstić information content (AvgIpc) is 3.12. The van der Waals surface area contributed by atoms with Gasteiger partial charge in [0.1, 0.15) is 0 Å². The molecule has 18 heavy (non-hydrogen) atoms. The third-order valence-electron chi connectivity index (χ3n) is 3.42. The predicted molar refractivity (Wildman–Crippen MR) is 72.8 cm³/mol. The Hall–Kier alpha value is -1.07. The van der Waals surface area contributed by atoms with Gasteiger partial charge in [-0.3, -0.25) is 0 Å². The van der Waals surface area contributed by atoms with Crippen LogP contribution < -0.4 is 5.73 Å². The number of benzene rings is 1. The first-order chi connectivity index (χ1) is 8.45. The van der Waals surface area contributed by atoms with E-state index in [1.54, 1.807) is 25.2 Å². The van der Waals surface area contributed by atoms with E-state index in [0.717, 1.165) is 24.8 Å². The molecular formula is C13H20N2O2S. The molecule has 0 saturated heterocycles. The fourth-order valence-electron chi connectivity index (χ4n) is 2.00. The number of nitrogen functional groups attached to an aromatic ring is 1. The molecule has 1 aromatic rings. The van der Waals surface area contributed by atoms with Crippen molar-refractivity contribution in [1.82, 2.24) is 4.31 Å².